The Balaban J connectivity index is 2.22. The summed E-state index contributed by atoms with van der Waals surface area (Å²) in [4.78, 5) is 11.5. The maximum Gasteiger partial charge on any atom is 0.313 e. The van der Waals surface area contributed by atoms with E-state index in [1.165, 1.54) is 0 Å². The van der Waals surface area contributed by atoms with Gasteiger partial charge >= 0.3 is 5.97 Å². The van der Waals surface area contributed by atoms with Crippen molar-refractivity contribution in [3.63, 3.8) is 0 Å². The SMILES string of the molecule is CCC(C)[C@@H]1C[C@@H]2OC(=O)[C@H]1C=C2Br. The molecule has 3 rings (SSSR count). The molecule has 1 unspecified atom stereocenters. The first-order valence-corrected chi connectivity index (χ1v) is 6.00. The number of fused-ring (bicyclic) bond motifs is 2. The van der Waals surface area contributed by atoms with Gasteiger partial charge in [-0.3, -0.25) is 4.79 Å². The van der Waals surface area contributed by atoms with Gasteiger partial charge in [-0.05, 0) is 18.3 Å². The van der Waals surface area contributed by atoms with Crippen LogP contribution in [0.3, 0.4) is 0 Å². The van der Waals surface area contributed by atoms with Crippen LogP contribution in [0.1, 0.15) is 26.7 Å². The Morgan fingerprint density at radius 3 is 3.00 bits per heavy atom. The van der Waals surface area contributed by atoms with Gasteiger partial charge in [-0.1, -0.05) is 42.3 Å². The molecule has 3 aliphatic rings. The standard InChI is InChI=1S/C11H15BrO2/c1-3-6(2)7-5-10-9(12)4-8(7)11(13)14-10/h4,6-8,10H,3,5H2,1-2H3/t6?,7-,8-,10-/m0/s1. The van der Waals surface area contributed by atoms with E-state index in [1.54, 1.807) is 0 Å². The van der Waals surface area contributed by atoms with Crippen LogP contribution in [0.25, 0.3) is 0 Å². The highest BCUT2D eigenvalue weighted by Crippen LogP contribution is 2.43. The van der Waals surface area contributed by atoms with Crippen LogP contribution in [0.2, 0.25) is 0 Å². The van der Waals surface area contributed by atoms with E-state index >= 15 is 0 Å². The highest BCUT2D eigenvalue weighted by molar-refractivity contribution is 9.11. The van der Waals surface area contributed by atoms with Crippen molar-refractivity contribution in [1.29, 1.82) is 0 Å². The summed E-state index contributed by atoms with van der Waals surface area (Å²) in [6.07, 6.45) is 4.15. The van der Waals surface area contributed by atoms with E-state index in [0.29, 0.717) is 11.8 Å². The van der Waals surface area contributed by atoms with E-state index < -0.39 is 0 Å². The van der Waals surface area contributed by atoms with Gasteiger partial charge in [0.05, 0.1) is 5.92 Å². The lowest BCUT2D eigenvalue weighted by Crippen LogP contribution is -2.43. The number of hydrogen-bond acceptors (Lipinski definition) is 2. The summed E-state index contributed by atoms with van der Waals surface area (Å²) >= 11 is 3.46. The minimum absolute atomic E-state index is 0.00787. The predicted molar refractivity (Wildman–Crippen MR) is 57.9 cm³/mol. The molecule has 2 bridgehead atoms. The molecule has 0 saturated carbocycles. The summed E-state index contributed by atoms with van der Waals surface area (Å²) in [6, 6.07) is 0. The van der Waals surface area contributed by atoms with Gasteiger partial charge in [0.15, 0.2) is 0 Å². The van der Waals surface area contributed by atoms with Crippen molar-refractivity contribution in [2.24, 2.45) is 17.8 Å². The second kappa shape index (κ2) is 3.69. The minimum Gasteiger partial charge on any atom is -0.456 e. The number of carbonyl (C=O) groups excluding carboxylic acids is 1. The van der Waals surface area contributed by atoms with Gasteiger partial charge in [-0.2, -0.15) is 0 Å². The van der Waals surface area contributed by atoms with Crippen LogP contribution >= 0.6 is 15.9 Å². The van der Waals surface area contributed by atoms with Crippen LogP contribution < -0.4 is 0 Å². The van der Waals surface area contributed by atoms with Gasteiger partial charge in [0.25, 0.3) is 0 Å². The summed E-state index contributed by atoms with van der Waals surface area (Å²) in [6.45, 7) is 4.40. The second-order valence-corrected chi connectivity index (χ2v) is 5.20. The first kappa shape index (κ1) is 10.2. The third kappa shape index (κ3) is 1.52. The van der Waals surface area contributed by atoms with E-state index in [1.807, 2.05) is 6.08 Å². The molecule has 0 aromatic rings. The highest BCUT2D eigenvalue weighted by atomic mass is 79.9. The molecular weight excluding hydrogens is 244 g/mol. The Kier molecular flexibility index (Phi) is 2.69. The lowest BCUT2D eigenvalue weighted by molar-refractivity contribution is -0.162. The zero-order valence-electron chi connectivity index (χ0n) is 8.50. The van der Waals surface area contributed by atoms with Gasteiger partial charge in [0.1, 0.15) is 6.10 Å². The van der Waals surface area contributed by atoms with Crippen molar-refractivity contribution in [2.45, 2.75) is 32.8 Å². The van der Waals surface area contributed by atoms with Crippen LogP contribution in [0, 0.1) is 17.8 Å². The third-order valence-electron chi connectivity index (χ3n) is 3.50. The van der Waals surface area contributed by atoms with Crippen molar-refractivity contribution in [3.8, 4) is 0 Å². The smallest absolute Gasteiger partial charge is 0.313 e. The number of ether oxygens (including phenoxy) is 1. The predicted octanol–water partition coefficient (Wildman–Crippen LogP) is 2.87. The van der Waals surface area contributed by atoms with Gasteiger partial charge in [0.2, 0.25) is 0 Å². The summed E-state index contributed by atoms with van der Waals surface area (Å²) in [5.41, 5.74) is 0. The number of halogens is 1. The quantitative estimate of drug-likeness (QED) is 0.713. The molecule has 3 heteroatoms. The molecule has 0 aromatic heterocycles. The average Bonchev–Trinajstić information content (AvgIpc) is 2.18. The van der Waals surface area contributed by atoms with Crippen molar-refractivity contribution >= 4 is 21.9 Å². The fourth-order valence-corrected chi connectivity index (χ4v) is 2.93. The maximum atomic E-state index is 11.5. The molecule has 1 aliphatic carbocycles. The monoisotopic (exact) mass is 258 g/mol. The van der Waals surface area contributed by atoms with Crippen LogP contribution in [-0.2, 0) is 9.53 Å². The van der Waals surface area contributed by atoms with Crippen molar-refractivity contribution in [3.05, 3.63) is 10.6 Å². The molecule has 14 heavy (non-hydrogen) atoms. The molecule has 0 amide bonds. The van der Waals surface area contributed by atoms with Crippen LogP contribution in [-0.4, -0.2) is 12.1 Å². The summed E-state index contributed by atoms with van der Waals surface area (Å²) in [5, 5.41) is 0. The molecule has 2 aliphatic heterocycles. The second-order valence-electron chi connectivity index (χ2n) is 4.29. The van der Waals surface area contributed by atoms with Gasteiger partial charge in [0, 0.05) is 4.48 Å². The Morgan fingerprint density at radius 2 is 2.43 bits per heavy atom. The highest BCUT2D eigenvalue weighted by Gasteiger charge is 2.44. The van der Waals surface area contributed by atoms with Gasteiger partial charge in [-0.25, -0.2) is 0 Å². The number of hydrogen-bond donors (Lipinski definition) is 0. The van der Waals surface area contributed by atoms with E-state index in [0.717, 1.165) is 17.3 Å². The molecule has 0 aromatic carbocycles. The maximum absolute atomic E-state index is 11.5. The third-order valence-corrected chi connectivity index (χ3v) is 4.27. The summed E-state index contributed by atoms with van der Waals surface area (Å²) < 4.78 is 6.33. The van der Waals surface area contributed by atoms with Crippen LogP contribution in [0.15, 0.2) is 10.6 Å². The van der Waals surface area contributed by atoms with Crippen LogP contribution in [0.4, 0.5) is 0 Å². The molecule has 0 spiro atoms. The van der Waals surface area contributed by atoms with Gasteiger partial charge in [-0.15, -0.1) is 0 Å². The summed E-state index contributed by atoms with van der Waals surface area (Å²) in [7, 11) is 0. The first-order valence-electron chi connectivity index (χ1n) is 5.21. The molecule has 1 fully saturated rings. The average molecular weight is 259 g/mol. The van der Waals surface area contributed by atoms with E-state index in [2.05, 4.69) is 29.8 Å². The normalized spacial score (nSPS) is 37.8. The fourth-order valence-electron chi connectivity index (χ4n) is 2.36. The van der Waals surface area contributed by atoms with E-state index in [-0.39, 0.29) is 18.0 Å². The topological polar surface area (TPSA) is 26.3 Å². The lowest BCUT2D eigenvalue weighted by atomic mass is 9.73. The number of esters is 1. The first-order chi connectivity index (χ1) is 6.63. The fraction of sp³-hybridized carbons (Fsp3) is 0.727. The molecule has 1 saturated heterocycles. The minimum atomic E-state index is -0.0326. The van der Waals surface area contributed by atoms with Crippen LogP contribution in [0.5, 0.6) is 0 Å². The Hall–Kier alpha value is -0.310. The molecule has 0 N–H and O–H groups in total. The van der Waals surface area contributed by atoms with Crippen molar-refractivity contribution < 1.29 is 9.53 Å². The van der Waals surface area contributed by atoms with E-state index in [4.69, 9.17) is 4.74 Å². The Morgan fingerprint density at radius 1 is 1.71 bits per heavy atom. The number of rotatable bonds is 2. The lowest BCUT2D eigenvalue weighted by Gasteiger charge is -2.41. The molecule has 2 nitrogen and oxygen atoms in total. The molecular formula is C11H15BrO2. The largest absolute Gasteiger partial charge is 0.456 e. The molecule has 0 radical (unpaired) electrons. The number of carbonyl (C=O) groups is 1. The molecule has 2 heterocycles. The Bertz CT molecular complexity index is 285. The van der Waals surface area contributed by atoms with E-state index in [9.17, 15) is 4.79 Å². The summed E-state index contributed by atoms with van der Waals surface area (Å²) in [5.74, 6) is 1.04. The van der Waals surface area contributed by atoms with Crippen molar-refractivity contribution in [1.82, 2.24) is 0 Å². The van der Waals surface area contributed by atoms with Gasteiger partial charge < -0.3 is 4.74 Å². The van der Waals surface area contributed by atoms with Crippen molar-refractivity contribution in [2.75, 3.05) is 0 Å². The molecule has 4 atom stereocenters. The molecule has 78 valence electrons. The Labute approximate surface area is 92.8 Å². The zero-order chi connectivity index (χ0) is 10.3. The zero-order valence-corrected chi connectivity index (χ0v) is 10.1.